The van der Waals surface area contributed by atoms with Crippen LogP contribution < -0.4 is 5.73 Å². The first-order valence-electron chi connectivity index (χ1n) is 5.01. The molecule has 1 fully saturated rings. The fraction of sp³-hybridized carbons (Fsp3) is 0.500. The summed E-state index contributed by atoms with van der Waals surface area (Å²) in [5.41, 5.74) is 6.43. The number of nitrogens with two attached hydrogens (primary N) is 1. The maximum Gasteiger partial charge on any atom is 0.127 e. The van der Waals surface area contributed by atoms with Crippen LogP contribution in [0.3, 0.4) is 0 Å². The molecule has 0 radical (unpaired) electrons. The molecule has 14 heavy (non-hydrogen) atoms. The van der Waals surface area contributed by atoms with Crippen LogP contribution in [0.5, 0.6) is 0 Å². The standard InChI is InChI=1S/C12H16FN/c1-11(2,12(14)7-8-12)9-5-3-4-6-10(9)13/h3-6H,7-8,14H2,1-2H3. The van der Waals surface area contributed by atoms with Gasteiger partial charge in [0.05, 0.1) is 0 Å². The van der Waals surface area contributed by atoms with Gasteiger partial charge in [-0.25, -0.2) is 4.39 Å². The molecule has 2 rings (SSSR count). The second kappa shape index (κ2) is 2.80. The first kappa shape index (κ1) is 9.66. The van der Waals surface area contributed by atoms with E-state index in [2.05, 4.69) is 0 Å². The van der Waals surface area contributed by atoms with Crippen LogP contribution in [0.15, 0.2) is 24.3 Å². The summed E-state index contributed by atoms with van der Waals surface area (Å²) < 4.78 is 13.6. The molecule has 0 saturated heterocycles. The van der Waals surface area contributed by atoms with Gasteiger partial charge in [-0.05, 0) is 24.5 Å². The Kier molecular flexibility index (Phi) is 1.93. The predicted molar refractivity (Wildman–Crippen MR) is 55.6 cm³/mol. The highest BCUT2D eigenvalue weighted by Gasteiger charge is 2.52. The third-order valence-electron chi connectivity index (χ3n) is 3.58. The van der Waals surface area contributed by atoms with Crippen molar-refractivity contribution in [1.29, 1.82) is 0 Å². The van der Waals surface area contributed by atoms with E-state index in [1.165, 1.54) is 6.07 Å². The fourth-order valence-corrected chi connectivity index (χ4v) is 2.00. The number of hydrogen-bond acceptors (Lipinski definition) is 1. The van der Waals surface area contributed by atoms with Gasteiger partial charge in [0.25, 0.3) is 0 Å². The quantitative estimate of drug-likeness (QED) is 0.767. The van der Waals surface area contributed by atoms with E-state index in [0.29, 0.717) is 0 Å². The average molecular weight is 193 g/mol. The van der Waals surface area contributed by atoms with Crippen LogP contribution in [0.1, 0.15) is 32.3 Å². The van der Waals surface area contributed by atoms with Gasteiger partial charge in [-0.2, -0.15) is 0 Å². The van der Waals surface area contributed by atoms with E-state index < -0.39 is 0 Å². The molecule has 2 heteroatoms. The van der Waals surface area contributed by atoms with Crippen molar-refractivity contribution in [2.75, 3.05) is 0 Å². The number of benzene rings is 1. The second-order valence-corrected chi connectivity index (χ2v) is 4.76. The Morgan fingerprint density at radius 2 is 1.86 bits per heavy atom. The molecule has 0 heterocycles. The zero-order valence-electron chi connectivity index (χ0n) is 8.68. The highest BCUT2D eigenvalue weighted by molar-refractivity contribution is 5.33. The maximum atomic E-state index is 13.6. The van der Waals surface area contributed by atoms with E-state index >= 15 is 0 Å². The van der Waals surface area contributed by atoms with Crippen molar-refractivity contribution >= 4 is 0 Å². The summed E-state index contributed by atoms with van der Waals surface area (Å²) in [6, 6.07) is 6.92. The largest absolute Gasteiger partial charge is 0.324 e. The van der Waals surface area contributed by atoms with Gasteiger partial charge in [0.15, 0.2) is 0 Å². The Balaban J connectivity index is 2.44. The average Bonchev–Trinajstić information content (AvgIpc) is 2.86. The van der Waals surface area contributed by atoms with Crippen LogP contribution in [0.25, 0.3) is 0 Å². The molecule has 0 aliphatic heterocycles. The number of hydrogen-bond donors (Lipinski definition) is 1. The molecule has 1 aromatic carbocycles. The highest BCUT2D eigenvalue weighted by Crippen LogP contribution is 2.49. The molecule has 0 bridgehead atoms. The van der Waals surface area contributed by atoms with Crippen LogP contribution in [-0.2, 0) is 5.41 Å². The molecular formula is C12H16FN. The van der Waals surface area contributed by atoms with Crippen molar-refractivity contribution in [2.45, 2.75) is 37.6 Å². The molecule has 1 aliphatic rings. The predicted octanol–water partition coefficient (Wildman–Crippen LogP) is 2.59. The van der Waals surface area contributed by atoms with E-state index in [9.17, 15) is 4.39 Å². The summed E-state index contributed by atoms with van der Waals surface area (Å²) in [6.07, 6.45) is 1.99. The second-order valence-electron chi connectivity index (χ2n) is 4.76. The van der Waals surface area contributed by atoms with Crippen molar-refractivity contribution in [3.8, 4) is 0 Å². The third kappa shape index (κ3) is 1.25. The molecule has 0 amide bonds. The summed E-state index contributed by atoms with van der Waals surface area (Å²) in [5.74, 6) is -0.144. The lowest BCUT2D eigenvalue weighted by Crippen LogP contribution is -2.43. The minimum absolute atomic E-state index is 0.144. The Bertz CT molecular complexity index is 353. The van der Waals surface area contributed by atoms with Gasteiger partial charge in [0, 0.05) is 11.0 Å². The first-order valence-corrected chi connectivity index (χ1v) is 5.01. The fourth-order valence-electron chi connectivity index (χ4n) is 2.00. The van der Waals surface area contributed by atoms with Gasteiger partial charge in [0.2, 0.25) is 0 Å². The van der Waals surface area contributed by atoms with Gasteiger partial charge in [-0.15, -0.1) is 0 Å². The summed E-state index contributed by atoms with van der Waals surface area (Å²) in [7, 11) is 0. The summed E-state index contributed by atoms with van der Waals surface area (Å²) >= 11 is 0. The SMILES string of the molecule is CC(C)(c1ccccc1F)C1(N)CC1. The molecule has 1 aromatic rings. The first-order chi connectivity index (χ1) is 6.47. The van der Waals surface area contributed by atoms with Crippen molar-refractivity contribution in [2.24, 2.45) is 5.73 Å². The normalized spacial score (nSPS) is 19.4. The number of rotatable bonds is 2. The van der Waals surface area contributed by atoms with Gasteiger partial charge in [-0.3, -0.25) is 0 Å². The van der Waals surface area contributed by atoms with Gasteiger partial charge < -0.3 is 5.73 Å². The Labute approximate surface area is 84.1 Å². The summed E-state index contributed by atoms with van der Waals surface area (Å²) in [5, 5.41) is 0. The van der Waals surface area contributed by atoms with Crippen molar-refractivity contribution < 1.29 is 4.39 Å². The lowest BCUT2D eigenvalue weighted by atomic mass is 9.76. The van der Waals surface area contributed by atoms with Crippen molar-refractivity contribution in [1.82, 2.24) is 0 Å². The van der Waals surface area contributed by atoms with Crippen LogP contribution in [0.4, 0.5) is 4.39 Å². The van der Waals surface area contributed by atoms with E-state index in [-0.39, 0.29) is 16.8 Å². The van der Waals surface area contributed by atoms with Crippen LogP contribution in [-0.4, -0.2) is 5.54 Å². The maximum absolute atomic E-state index is 13.6. The minimum atomic E-state index is -0.266. The number of halogens is 1. The monoisotopic (exact) mass is 193 g/mol. The topological polar surface area (TPSA) is 26.0 Å². The zero-order valence-corrected chi connectivity index (χ0v) is 8.68. The molecule has 2 N–H and O–H groups in total. The van der Waals surface area contributed by atoms with Crippen LogP contribution in [0.2, 0.25) is 0 Å². The summed E-state index contributed by atoms with van der Waals surface area (Å²) in [6.45, 7) is 4.05. The van der Waals surface area contributed by atoms with E-state index in [0.717, 1.165) is 18.4 Å². The molecule has 1 aliphatic carbocycles. The van der Waals surface area contributed by atoms with Gasteiger partial charge >= 0.3 is 0 Å². The molecular weight excluding hydrogens is 177 g/mol. The summed E-state index contributed by atoms with van der Waals surface area (Å²) in [4.78, 5) is 0. The van der Waals surface area contributed by atoms with Crippen molar-refractivity contribution in [3.05, 3.63) is 35.6 Å². The Morgan fingerprint density at radius 3 is 2.36 bits per heavy atom. The molecule has 0 aromatic heterocycles. The Morgan fingerprint density at radius 1 is 1.29 bits per heavy atom. The molecule has 1 nitrogen and oxygen atoms in total. The molecule has 76 valence electrons. The molecule has 1 saturated carbocycles. The molecule has 0 atom stereocenters. The van der Waals surface area contributed by atoms with Crippen LogP contribution in [0, 0.1) is 5.82 Å². The van der Waals surface area contributed by atoms with E-state index in [1.807, 2.05) is 26.0 Å². The molecule has 0 unspecified atom stereocenters. The third-order valence-corrected chi connectivity index (χ3v) is 3.58. The van der Waals surface area contributed by atoms with Crippen LogP contribution >= 0.6 is 0 Å². The van der Waals surface area contributed by atoms with Crippen molar-refractivity contribution in [3.63, 3.8) is 0 Å². The van der Waals surface area contributed by atoms with E-state index in [1.54, 1.807) is 6.07 Å². The Hall–Kier alpha value is -0.890. The lowest BCUT2D eigenvalue weighted by molar-refractivity contribution is 0.374. The van der Waals surface area contributed by atoms with E-state index in [4.69, 9.17) is 5.73 Å². The zero-order chi connectivity index (χ0) is 10.4. The molecule has 0 spiro atoms. The lowest BCUT2D eigenvalue weighted by Gasteiger charge is -2.32. The minimum Gasteiger partial charge on any atom is -0.324 e. The smallest absolute Gasteiger partial charge is 0.127 e. The van der Waals surface area contributed by atoms with Gasteiger partial charge in [0.1, 0.15) is 5.82 Å². The highest BCUT2D eigenvalue weighted by atomic mass is 19.1. The van der Waals surface area contributed by atoms with Gasteiger partial charge in [-0.1, -0.05) is 32.0 Å².